The van der Waals surface area contributed by atoms with E-state index < -0.39 is 5.91 Å². The first-order valence-corrected chi connectivity index (χ1v) is 8.92. The van der Waals surface area contributed by atoms with Gasteiger partial charge in [0.2, 0.25) is 5.91 Å². The standard InChI is InChI=1S/C22H18N4O3/c1-25(16-11-9-15(10-12-16)21(23)27)22(28)19-14-18(20-8-5-13-29-20)24-26(19)17-6-3-2-4-7-17/h2-14H,1H3,(H2,23,27). The van der Waals surface area contributed by atoms with Gasteiger partial charge in [0.15, 0.2) is 5.76 Å². The van der Waals surface area contributed by atoms with E-state index >= 15 is 0 Å². The summed E-state index contributed by atoms with van der Waals surface area (Å²) in [5.74, 6) is -0.205. The Morgan fingerprint density at radius 3 is 2.34 bits per heavy atom. The van der Waals surface area contributed by atoms with Crippen LogP contribution < -0.4 is 10.6 Å². The first-order chi connectivity index (χ1) is 14.0. The van der Waals surface area contributed by atoms with E-state index in [0.717, 1.165) is 5.69 Å². The van der Waals surface area contributed by atoms with Crippen molar-refractivity contribution in [3.63, 3.8) is 0 Å². The lowest BCUT2D eigenvalue weighted by molar-refractivity contribution is 0.0983. The van der Waals surface area contributed by atoms with Crippen LogP contribution in [-0.2, 0) is 0 Å². The molecule has 2 aromatic heterocycles. The zero-order chi connectivity index (χ0) is 20.4. The lowest BCUT2D eigenvalue weighted by Gasteiger charge is -2.18. The molecule has 7 heteroatoms. The minimum atomic E-state index is -0.518. The highest BCUT2D eigenvalue weighted by Crippen LogP contribution is 2.24. The number of carbonyl (C=O) groups is 2. The van der Waals surface area contributed by atoms with Gasteiger partial charge in [0.1, 0.15) is 11.4 Å². The number of primary amides is 1. The number of nitrogens with zero attached hydrogens (tertiary/aromatic N) is 3. The molecule has 0 aliphatic rings. The summed E-state index contributed by atoms with van der Waals surface area (Å²) in [6.45, 7) is 0. The molecule has 2 heterocycles. The van der Waals surface area contributed by atoms with Gasteiger partial charge in [-0.05, 0) is 48.5 Å². The average molecular weight is 386 g/mol. The fraction of sp³-hybridized carbons (Fsp3) is 0.0455. The van der Waals surface area contributed by atoms with Crippen LogP contribution in [-0.4, -0.2) is 28.6 Å². The Labute approximate surface area is 167 Å². The molecule has 0 saturated heterocycles. The quantitative estimate of drug-likeness (QED) is 0.568. The van der Waals surface area contributed by atoms with E-state index in [2.05, 4.69) is 5.10 Å². The Hall–Kier alpha value is -4.13. The van der Waals surface area contributed by atoms with Gasteiger partial charge < -0.3 is 15.1 Å². The first kappa shape index (κ1) is 18.2. The van der Waals surface area contributed by atoms with Crippen molar-refractivity contribution in [2.75, 3.05) is 11.9 Å². The molecule has 2 amide bonds. The second-order valence-corrected chi connectivity index (χ2v) is 6.41. The molecule has 2 N–H and O–H groups in total. The molecule has 29 heavy (non-hydrogen) atoms. The molecule has 0 unspecified atom stereocenters. The number of benzene rings is 2. The second kappa shape index (κ2) is 7.47. The van der Waals surface area contributed by atoms with Gasteiger partial charge in [-0.15, -0.1) is 0 Å². The molecule has 0 bridgehead atoms. The highest BCUT2D eigenvalue weighted by atomic mass is 16.3. The van der Waals surface area contributed by atoms with Crippen molar-refractivity contribution in [3.05, 3.63) is 90.3 Å². The van der Waals surface area contributed by atoms with Crippen LogP contribution in [0, 0.1) is 0 Å². The van der Waals surface area contributed by atoms with E-state index in [1.54, 1.807) is 60.5 Å². The summed E-state index contributed by atoms with van der Waals surface area (Å²) in [6, 6.07) is 21.2. The maximum Gasteiger partial charge on any atom is 0.276 e. The predicted molar refractivity (Wildman–Crippen MR) is 109 cm³/mol. The maximum atomic E-state index is 13.3. The summed E-state index contributed by atoms with van der Waals surface area (Å²) in [7, 11) is 1.66. The number of aromatic nitrogens is 2. The third kappa shape index (κ3) is 3.53. The van der Waals surface area contributed by atoms with Crippen molar-refractivity contribution in [1.29, 1.82) is 0 Å². The molecule has 0 atom stereocenters. The van der Waals surface area contributed by atoms with E-state index in [4.69, 9.17) is 10.2 Å². The minimum Gasteiger partial charge on any atom is -0.463 e. The molecular formula is C22H18N4O3. The van der Waals surface area contributed by atoms with Crippen LogP contribution in [0.4, 0.5) is 5.69 Å². The molecule has 2 aromatic carbocycles. The number of hydrogen-bond acceptors (Lipinski definition) is 4. The Bertz CT molecular complexity index is 1150. The van der Waals surface area contributed by atoms with Crippen LogP contribution in [0.15, 0.2) is 83.5 Å². The summed E-state index contributed by atoms with van der Waals surface area (Å²) in [6.07, 6.45) is 1.56. The molecule has 7 nitrogen and oxygen atoms in total. The highest BCUT2D eigenvalue weighted by Gasteiger charge is 2.22. The minimum absolute atomic E-state index is 0.258. The molecule has 144 valence electrons. The van der Waals surface area contributed by atoms with Crippen molar-refractivity contribution in [1.82, 2.24) is 9.78 Å². The normalized spacial score (nSPS) is 10.7. The van der Waals surface area contributed by atoms with Gasteiger partial charge in [0.25, 0.3) is 5.91 Å². The highest BCUT2D eigenvalue weighted by molar-refractivity contribution is 6.05. The molecule has 0 aliphatic heterocycles. The number of nitrogens with two attached hydrogens (primary N) is 1. The van der Waals surface area contributed by atoms with Crippen LogP contribution in [0.1, 0.15) is 20.8 Å². The van der Waals surface area contributed by atoms with E-state index in [9.17, 15) is 9.59 Å². The molecule has 0 fully saturated rings. The van der Waals surface area contributed by atoms with E-state index in [-0.39, 0.29) is 5.91 Å². The van der Waals surface area contributed by atoms with Crippen molar-refractivity contribution in [2.45, 2.75) is 0 Å². The summed E-state index contributed by atoms with van der Waals surface area (Å²) in [4.78, 5) is 26.1. The predicted octanol–water partition coefficient (Wildman–Crippen LogP) is 3.51. The molecule has 0 saturated carbocycles. The third-order valence-corrected chi connectivity index (χ3v) is 4.55. The van der Waals surface area contributed by atoms with Crippen LogP contribution >= 0.6 is 0 Å². The van der Waals surface area contributed by atoms with Crippen molar-refractivity contribution < 1.29 is 14.0 Å². The fourth-order valence-corrected chi connectivity index (χ4v) is 2.98. The molecular weight excluding hydrogens is 368 g/mol. The SMILES string of the molecule is CN(C(=O)c1cc(-c2ccco2)nn1-c1ccccc1)c1ccc(C(N)=O)cc1. The van der Waals surface area contributed by atoms with Crippen molar-refractivity contribution in [2.24, 2.45) is 5.73 Å². The van der Waals surface area contributed by atoms with Crippen LogP contribution in [0.5, 0.6) is 0 Å². The summed E-state index contributed by atoms with van der Waals surface area (Å²) in [5, 5.41) is 4.57. The fourth-order valence-electron chi connectivity index (χ4n) is 2.98. The van der Waals surface area contributed by atoms with Crippen LogP contribution in [0.25, 0.3) is 17.1 Å². The van der Waals surface area contributed by atoms with Gasteiger partial charge in [0.05, 0.1) is 12.0 Å². The van der Waals surface area contributed by atoms with E-state index in [0.29, 0.717) is 28.4 Å². The molecule has 4 aromatic rings. The zero-order valence-electron chi connectivity index (χ0n) is 15.6. The van der Waals surface area contributed by atoms with E-state index in [1.165, 1.54) is 4.90 Å². The number of furan rings is 1. The second-order valence-electron chi connectivity index (χ2n) is 6.41. The number of amides is 2. The first-order valence-electron chi connectivity index (χ1n) is 8.92. The van der Waals surface area contributed by atoms with Gasteiger partial charge in [0, 0.05) is 24.4 Å². The Morgan fingerprint density at radius 2 is 1.72 bits per heavy atom. The van der Waals surface area contributed by atoms with Crippen LogP contribution in [0.2, 0.25) is 0 Å². The third-order valence-electron chi connectivity index (χ3n) is 4.55. The van der Waals surface area contributed by atoms with Gasteiger partial charge in [-0.1, -0.05) is 18.2 Å². The van der Waals surface area contributed by atoms with Crippen molar-refractivity contribution >= 4 is 17.5 Å². The number of para-hydroxylation sites is 1. The molecule has 0 aliphatic carbocycles. The number of hydrogen-bond donors (Lipinski definition) is 1. The molecule has 4 rings (SSSR count). The summed E-state index contributed by atoms with van der Waals surface area (Å²) < 4.78 is 7.03. The molecule has 0 radical (unpaired) electrons. The average Bonchev–Trinajstić information content (AvgIpc) is 3.43. The number of anilines is 1. The number of carbonyl (C=O) groups excluding carboxylic acids is 2. The Morgan fingerprint density at radius 1 is 1.00 bits per heavy atom. The topological polar surface area (TPSA) is 94.4 Å². The Kier molecular flexibility index (Phi) is 4.70. The number of rotatable bonds is 5. The summed E-state index contributed by atoms with van der Waals surface area (Å²) in [5.41, 5.74) is 7.98. The van der Waals surface area contributed by atoms with Gasteiger partial charge in [-0.2, -0.15) is 5.10 Å². The molecule has 0 spiro atoms. The summed E-state index contributed by atoms with van der Waals surface area (Å²) >= 11 is 0. The largest absolute Gasteiger partial charge is 0.463 e. The van der Waals surface area contributed by atoms with Crippen molar-refractivity contribution in [3.8, 4) is 17.1 Å². The van der Waals surface area contributed by atoms with Crippen LogP contribution in [0.3, 0.4) is 0 Å². The van der Waals surface area contributed by atoms with Gasteiger partial charge in [-0.3, -0.25) is 9.59 Å². The smallest absolute Gasteiger partial charge is 0.276 e. The Balaban J connectivity index is 1.74. The lowest BCUT2D eigenvalue weighted by Crippen LogP contribution is -2.28. The van der Waals surface area contributed by atoms with Gasteiger partial charge >= 0.3 is 0 Å². The van der Waals surface area contributed by atoms with Gasteiger partial charge in [-0.25, -0.2) is 4.68 Å². The van der Waals surface area contributed by atoms with E-state index in [1.807, 2.05) is 30.3 Å². The lowest BCUT2D eigenvalue weighted by atomic mass is 10.2. The maximum absolute atomic E-state index is 13.3. The monoisotopic (exact) mass is 386 g/mol. The zero-order valence-corrected chi connectivity index (χ0v) is 15.6.